The van der Waals surface area contributed by atoms with Crippen molar-refractivity contribution >= 4 is 28.9 Å². The molecule has 1 aliphatic rings. The number of fused-ring (bicyclic) bond motifs is 1. The van der Waals surface area contributed by atoms with Gasteiger partial charge in [-0.2, -0.15) is 0 Å². The number of unbranched alkanes of at least 4 members (excludes halogenated alkanes) is 9. The van der Waals surface area contributed by atoms with Crippen molar-refractivity contribution in [1.29, 1.82) is 0 Å². The molecule has 1 aliphatic heterocycles. The summed E-state index contributed by atoms with van der Waals surface area (Å²) in [5.74, 6) is -0.351. The number of rotatable bonds is 12. The molecule has 176 valence electrons. The first-order valence-corrected chi connectivity index (χ1v) is 12.6. The van der Waals surface area contributed by atoms with E-state index in [2.05, 4.69) is 11.9 Å². The third-order valence-electron chi connectivity index (χ3n) is 6.10. The molecule has 0 radical (unpaired) electrons. The van der Waals surface area contributed by atoms with Crippen molar-refractivity contribution in [2.45, 2.75) is 71.1 Å². The summed E-state index contributed by atoms with van der Waals surface area (Å²) in [6, 6.07) is 15.1. The third-order valence-corrected chi connectivity index (χ3v) is 6.33. The van der Waals surface area contributed by atoms with Gasteiger partial charge in [0.2, 0.25) is 0 Å². The maximum Gasteiger partial charge on any atom is 1.00 e. The summed E-state index contributed by atoms with van der Waals surface area (Å²) >= 11 is 6.32. The second-order valence-corrected chi connectivity index (χ2v) is 9.07. The van der Waals surface area contributed by atoms with Crippen LogP contribution in [0.25, 0.3) is 0 Å². The number of nitrogens with zero attached hydrogens (tertiary/aromatic N) is 2. The molecule has 0 spiro atoms. The van der Waals surface area contributed by atoms with Gasteiger partial charge in [-0.3, -0.25) is 4.79 Å². The molecule has 0 aliphatic carbocycles. The van der Waals surface area contributed by atoms with E-state index >= 15 is 0 Å². The van der Waals surface area contributed by atoms with Crippen molar-refractivity contribution in [2.75, 3.05) is 11.4 Å². The van der Waals surface area contributed by atoms with Gasteiger partial charge >= 0.3 is 29.6 Å². The molecule has 4 nitrogen and oxygen atoms in total. The topological polar surface area (TPSA) is 55.7 Å². The number of hydrogen-bond acceptors (Lipinski definition) is 3. The van der Waals surface area contributed by atoms with E-state index in [1.165, 1.54) is 51.4 Å². The first kappa shape index (κ1) is 28.6. The van der Waals surface area contributed by atoms with E-state index in [9.17, 15) is 9.90 Å². The van der Waals surface area contributed by atoms with Gasteiger partial charge in [0, 0.05) is 22.7 Å². The Labute approximate surface area is 231 Å². The van der Waals surface area contributed by atoms with Gasteiger partial charge < -0.3 is 10.0 Å². The second kappa shape index (κ2) is 15.4. The van der Waals surface area contributed by atoms with Crippen LogP contribution in [0.3, 0.4) is 0 Å². The molecule has 3 rings (SSSR count). The molecule has 0 aromatic heterocycles. The van der Waals surface area contributed by atoms with Crippen LogP contribution in [0, 0.1) is 0 Å². The molecule has 34 heavy (non-hydrogen) atoms. The Hall–Kier alpha value is -1.59. The molecule has 0 saturated heterocycles. The van der Waals surface area contributed by atoms with Crippen LogP contribution in [0.1, 0.15) is 82.3 Å². The fourth-order valence-corrected chi connectivity index (χ4v) is 4.45. The Kier molecular flexibility index (Phi) is 13.0. The molecule has 0 bridgehead atoms. The van der Waals surface area contributed by atoms with Crippen LogP contribution in [0.4, 0.5) is 5.69 Å². The smallest absolute Gasteiger partial charge is 0.876 e. The van der Waals surface area contributed by atoms with Crippen molar-refractivity contribution < 1.29 is 39.5 Å². The van der Waals surface area contributed by atoms with Crippen LogP contribution >= 0.6 is 11.6 Å². The van der Waals surface area contributed by atoms with E-state index < -0.39 is 0 Å². The van der Waals surface area contributed by atoms with E-state index in [1.54, 1.807) is 11.0 Å². The molecule has 0 unspecified atom stereocenters. The summed E-state index contributed by atoms with van der Waals surface area (Å²) < 4.78 is 0. The number of benzodiazepines with no additional fused rings is 1. The quantitative estimate of drug-likeness (QED) is 0.198. The zero-order valence-electron chi connectivity index (χ0n) is 20.6. The molecule has 1 amide bonds. The summed E-state index contributed by atoms with van der Waals surface area (Å²) in [5, 5.41) is 12.4. The zero-order valence-corrected chi connectivity index (χ0v) is 23.3. The molecule has 0 saturated carbocycles. The Balaban J connectivity index is 0.00000408. The molecule has 0 N–H and O–H groups in total. The van der Waals surface area contributed by atoms with Crippen LogP contribution < -0.4 is 39.6 Å². The molecule has 2 aromatic carbocycles. The molecular weight excluding hydrogens is 455 g/mol. The fourth-order valence-electron chi connectivity index (χ4n) is 4.28. The average molecular weight is 489 g/mol. The molecule has 1 heterocycles. The van der Waals surface area contributed by atoms with Gasteiger partial charge in [-0.1, -0.05) is 107 Å². The van der Waals surface area contributed by atoms with E-state index in [0.717, 1.165) is 29.7 Å². The number of hydrogen-bond donors (Lipinski definition) is 0. The van der Waals surface area contributed by atoms with Crippen LogP contribution in [-0.4, -0.2) is 18.2 Å². The van der Waals surface area contributed by atoms with Gasteiger partial charge in [0.15, 0.2) is 0 Å². The van der Waals surface area contributed by atoms with Gasteiger partial charge in [0.05, 0.1) is 11.4 Å². The number of anilines is 1. The Morgan fingerprint density at radius 2 is 1.53 bits per heavy atom. The summed E-state index contributed by atoms with van der Waals surface area (Å²) in [6.45, 7) is 2.80. The molecule has 0 fully saturated rings. The monoisotopic (exact) mass is 488 g/mol. The van der Waals surface area contributed by atoms with E-state index in [-0.39, 0.29) is 41.2 Å². The average Bonchev–Trinajstić information content (AvgIpc) is 2.95. The maximum atomic E-state index is 13.2. The standard InChI is InChI=1S/C28H35ClN2O2.Na/c1-2-3-4-5-6-7-8-9-10-14-19-31-26-18-17-23(29)20-24(26)27(22-15-12-11-13-16-22)30-25(21-32)28(31)33;/h11-13,15-18,20-21,32H,2-10,14,19H2,1H3;/q;+1/p-1/b25-21+;. The Morgan fingerprint density at radius 1 is 0.912 bits per heavy atom. The largest absolute Gasteiger partial charge is 1.00 e. The van der Waals surface area contributed by atoms with Crippen LogP contribution in [0.5, 0.6) is 0 Å². The minimum absolute atomic E-state index is 0. The minimum Gasteiger partial charge on any atom is -0.876 e. The van der Waals surface area contributed by atoms with Crippen molar-refractivity contribution in [3.05, 3.63) is 76.6 Å². The summed E-state index contributed by atoms with van der Waals surface area (Å²) in [7, 11) is 0. The number of amides is 1. The summed E-state index contributed by atoms with van der Waals surface area (Å²) in [5.41, 5.74) is 2.88. The van der Waals surface area contributed by atoms with E-state index in [1.807, 2.05) is 42.5 Å². The van der Waals surface area contributed by atoms with Crippen LogP contribution in [0.15, 0.2) is 65.5 Å². The fraction of sp³-hybridized carbons (Fsp3) is 0.429. The van der Waals surface area contributed by atoms with Gasteiger partial charge in [-0.25, -0.2) is 4.99 Å². The van der Waals surface area contributed by atoms with Gasteiger partial charge in [0.1, 0.15) is 5.70 Å². The van der Waals surface area contributed by atoms with Crippen molar-refractivity contribution in [3.8, 4) is 0 Å². The minimum atomic E-state index is -0.351. The third kappa shape index (κ3) is 7.98. The van der Waals surface area contributed by atoms with Crippen molar-refractivity contribution in [1.82, 2.24) is 0 Å². The number of carbonyl (C=O) groups is 1. The number of aliphatic imine (C=N–C) groups is 1. The number of benzene rings is 2. The first-order valence-electron chi connectivity index (χ1n) is 12.2. The van der Waals surface area contributed by atoms with Crippen LogP contribution in [-0.2, 0) is 4.79 Å². The number of halogens is 1. The Morgan fingerprint density at radius 3 is 2.15 bits per heavy atom. The van der Waals surface area contributed by atoms with Crippen molar-refractivity contribution in [2.24, 2.45) is 4.99 Å². The van der Waals surface area contributed by atoms with Gasteiger partial charge in [-0.05, 0) is 24.6 Å². The molecular formula is C28H34ClN2NaO2. The van der Waals surface area contributed by atoms with Crippen molar-refractivity contribution in [3.63, 3.8) is 0 Å². The summed E-state index contributed by atoms with van der Waals surface area (Å²) in [4.78, 5) is 19.4. The SMILES string of the molecule is CCCCCCCCCCCCN1C(=O)/C(=C\[O-])N=C(c2ccccc2)c2cc(Cl)ccc21.[Na+]. The Bertz CT molecular complexity index is 976. The molecule has 6 heteroatoms. The van der Waals surface area contributed by atoms with E-state index in [4.69, 9.17) is 11.6 Å². The zero-order chi connectivity index (χ0) is 23.5. The number of carbonyl (C=O) groups excluding carboxylic acids is 1. The summed E-state index contributed by atoms with van der Waals surface area (Å²) in [6.07, 6.45) is 12.8. The second-order valence-electron chi connectivity index (χ2n) is 8.63. The molecule has 0 atom stereocenters. The van der Waals surface area contributed by atoms with Crippen LogP contribution in [0.2, 0.25) is 5.02 Å². The normalized spacial score (nSPS) is 14.4. The predicted octanol–water partition coefficient (Wildman–Crippen LogP) is 3.65. The van der Waals surface area contributed by atoms with Gasteiger partial charge in [0.25, 0.3) is 5.91 Å². The molecule has 2 aromatic rings. The predicted molar refractivity (Wildman–Crippen MR) is 136 cm³/mol. The van der Waals surface area contributed by atoms with E-state index in [0.29, 0.717) is 23.5 Å². The maximum absolute atomic E-state index is 13.2. The first-order chi connectivity index (χ1) is 16.2. The van der Waals surface area contributed by atoms with Gasteiger partial charge in [-0.15, -0.1) is 6.26 Å².